The fourth-order valence-corrected chi connectivity index (χ4v) is 2.00. The Morgan fingerprint density at radius 1 is 1.50 bits per heavy atom. The minimum absolute atomic E-state index is 0.167. The summed E-state index contributed by atoms with van der Waals surface area (Å²) in [4.78, 5) is 0. The molecule has 4 heteroatoms. The molecule has 0 aromatic heterocycles. The number of aliphatic hydroxyl groups is 1. The van der Waals surface area contributed by atoms with E-state index in [1.807, 2.05) is 0 Å². The van der Waals surface area contributed by atoms with Crippen LogP contribution in [0.5, 0.6) is 0 Å². The summed E-state index contributed by atoms with van der Waals surface area (Å²) in [5.41, 5.74) is -0.849. The van der Waals surface area contributed by atoms with Gasteiger partial charge in [-0.25, -0.2) is 4.39 Å². The van der Waals surface area contributed by atoms with Crippen molar-refractivity contribution in [2.75, 3.05) is 13.2 Å². The molecule has 1 saturated heterocycles. The van der Waals surface area contributed by atoms with Crippen LogP contribution in [0, 0.1) is 5.82 Å². The van der Waals surface area contributed by atoms with Gasteiger partial charge in [0.05, 0.1) is 11.1 Å². The Labute approximate surface area is 89.8 Å². The van der Waals surface area contributed by atoms with Crippen LogP contribution in [0.25, 0.3) is 0 Å². The van der Waals surface area contributed by atoms with Crippen molar-refractivity contribution in [3.63, 3.8) is 0 Å². The Morgan fingerprint density at radius 3 is 2.93 bits per heavy atom. The highest BCUT2D eigenvalue weighted by Crippen LogP contribution is 2.34. The standard InChI is InChI=1S/C10H10BrFO2/c11-8-3-1-2-7(9(8)12)10(13)4-5-14-6-10/h1-3,13H,4-6H2. The quantitative estimate of drug-likeness (QED) is 0.839. The molecule has 1 fully saturated rings. The lowest BCUT2D eigenvalue weighted by molar-refractivity contribution is 0.0201. The minimum atomic E-state index is -1.16. The van der Waals surface area contributed by atoms with Gasteiger partial charge in [-0.05, 0) is 22.0 Å². The highest BCUT2D eigenvalue weighted by molar-refractivity contribution is 9.10. The van der Waals surface area contributed by atoms with Crippen LogP contribution in [0.4, 0.5) is 4.39 Å². The summed E-state index contributed by atoms with van der Waals surface area (Å²) in [6.07, 6.45) is 0.445. The second-order valence-electron chi connectivity index (χ2n) is 3.44. The summed E-state index contributed by atoms with van der Waals surface area (Å²) < 4.78 is 19.1. The zero-order valence-corrected chi connectivity index (χ0v) is 9.05. The van der Waals surface area contributed by atoms with E-state index >= 15 is 0 Å². The molecule has 2 rings (SSSR count). The van der Waals surface area contributed by atoms with Crippen molar-refractivity contribution >= 4 is 15.9 Å². The first-order valence-corrected chi connectivity index (χ1v) is 5.17. The van der Waals surface area contributed by atoms with E-state index in [1.165, 1.54) is 0 Å². The van der Waals surface area contributed by atoms with Crippen LogP contribution >= 0.6 is 15.9 Å². The molecule has 14 heavy (non-hydrogen) atoms. The maximum Gasteiger partial charge on any atom is 0.143 e. The maximum atomic E-state index is 13.6. The van der Waals surface area contributed by atoms with Crippen LogP contribution in [-0.4, -0.2) is 18.3 Å². The fourth-order valence-electron chi connectivity index (χ4n) is 1.63. The molecule has 0 spiro atoms. The molecule has 1 N–H and O–H groups in total. The first kappa shape index (κ1) is 10.1. The number of benzene rings is 1. The van der Waals surface area contributed by atoms with E-state index < -0.39 is 11.4 Å². The van der Waals surface area contributed by atoms with Gasteiger partial charge >= 0.3 is 0 Å². The SMILES string of the molecule is OC1(c2cccc(Br)c2F)CCOC1. The third-order valence-electron chi connectivity index (χ3n) is 2.45. The van der Waals surface area contributed by atoms with E-state index in [2.05, 4.69) is 15.9 Å². The third-order valence-corrected chi connectivity index (χ3v) is 3.07. The molecular formula is C10H10BrFO2. The average molecular weight is 261 g/mol. The molecule has 1 aliphatic heterocycles. The topological polar surface area (TPSA) is 29.5 Å². The van der Waals surface area contributed by atoms with E-state index in [9.17, 15) is 9.50 Å². The maximum absolute atomic E-state index is 13.6. The summed E-state index contributed by atoms with van der Waals surface area (Å²) in [6, 6.07) is 4.91. The van der Waals surface area contributed by atoms with Crippen molar-refractivity contribution in [3.05, 3.63) is 34.1 Å². The van der Waals surface area contributed by atoms with Crippen molar-refractivity contribution < 1.29 is 14.2 Å². The summed E-state index contributed by atoms with van der Waals surface area (Å²) >= 11 is 3.09. The monoisotopic (exact) mass is 260 g/mol. The van der Waals surface area contributed by atoms with Crippen LogP contribution in [-0.2, 0) is 10.3 Å². The molecule has 1 unspecified atom stereocenters. The normalized spacial score (nSPS) is 26.8. The highest BCUT2D eigenvalue weighted by Gasteiger charge is 2.36. The number of hydrogen-bond acceptors (Lipinski definition) is 2. The lowest BCUT2D eigenvalue weighted by atomic mass is 9.93. The van der Waals surface area contributed by atoms with Gasteiger partial charge in [-0.15, -0.1) is 0 Å². The van der Waals surface area contributed by atoms with Crippen molar-refractivity contribution in [2.45, 2.75) is 12.0 Å². The van der Waals surface area contributed by atoms with Crippen molar-refractivity contribution in [1.29, 1.82) is 0 Å². The van der Waals surface area contributed by atoms with Crippen LogP contribution in [0.3, 0.4) is 0 Å². The lowest BCUT2D eigenvalue weighted by Gasteiger charge is -2.21. The van der Waals surface area contributed by atoms with E-state index in [4.69, 9.17) is 4.74 Å². The summed E-state index contributed by atoms with van der Waals surface area (Å²) in [6.45, 7) is 0.642. The molecule has 76 valence electrons. The van der Waals surface area contributed by atoms with Gasteiger partial charge in [-0.2, -0.15) is 0 Å². The Kier molecular flexibility index (Phi) is 2.60. The molecule has 1 aliphatic rings. The number of rotatable bonds is 1. The largest absolute Gasteiger partial charge is 0.383 e. The van der Waals surface area contributed by atoms with E-state index in [0.29, 0.717) is 23.1 Å². The number of ether oxygens (including phenoxy) is 1. The zero-order chi connectivity index (χ0) is 10.2. The minimum Gasteiger partial charge on any atom is -0.383 e. The third kappa shape index (κ3) is 1.58. The van der Waals surface area contributed by atoms with Crippen molar-refractivity contribution in [3.8, 4) is 0 Å². The predicted octanol–water partition coefficient (Wildman–Crippen LogP) is 2.20. The molecule has 1 aromatic rings. The van der Waals surface area contributed by atoms with Gasteiger partial charge in [0.15, 0.2) is 0 Å². The molecule has 0 radical (unpaired) electrons. The molecule has 1 aromatic carbocycles. The Hall–Kier alpha value is -0.450. The van der Waals surface area contributed by atoms with Gasteiger partial charge in [0.2, 0.25) is 0 Å². The summed E-state index contributed by atoms with van der Waals surface area (Å²) in [5, 5.41) is 10.1. The van der Waals surface area contributed by atoms with E-state index in [0.717, 1.165) is 0 Å². The van der Waals surface area contributed by atoms with Crippen LogP contribution in [0.2, 0.25) is 0 Å². The molecule has 1 heterocycles. The first-order valence-electron chi connectivity index (χ1n) is 4.38. The van der Waals surface area contributed by atoms with Gasteiger partial charge in [-0.3, -0.25) is 0 Å². The summed E-state index contributed by atoms with van der Waals surface area (Å²) in [5.74, 6) is -0.402. The van der Waals surface area contributed by atoms with Gasteiger partial charge in [0.1, 0.15) is 11.4 Å². The lowest BCUT2D eigenvalue weighted by Crippen LogP contribution is -2.27. The molecule has 0 amide bonds. The number of halogens is 2. The Morgan fingerprint density at radius 2 is 2.29 bits per heavy atom. The van der Waals surface area contributed by atoms with Crippen molar-refractivity contribution in [2.24, 2.45) is 0 Å². The second-order valence-corrected chi connectivity index (χ2v) is 4.29. The molecule has 0 bridgehead atoms. The summed E-state index contributed by atoms with van der Waals surface area (Å²) in [7, 11) is 0. The van der Waals surface area contributed by atoms with E-state index in [-0.39, 0.29) is 6.61 Å². The Bertz CT molecular complexity index is 348. The van der Waals surface area contributed by atoms with E-state index in [1.54, 1.807) is 18.2 Å². The van der Waals surface area contributed by atoms with Gasteiger partial charge in [0, 0.05) is 18.6 Å². The first-order chi connectivity index (χ1) is 6.63. The van der Waals surface area contributed by atoms with Gasteiger partial charge < -0.3 is 9.84 Å². The molecule has 0 saturated carbocycles. The van der Waals surface area contributed by atoms with Crippen LogP contribution in [0.15, 0.2) is 22.7 Å². The van der Waals surface area contributed by atoms with Crippen LogP contribution < -0.4 is 0 Å². The smallest absolute Gasteiger partial charge is 0.143 e. The zero-order valence-electron chi connectivity index (χ0n) is 7.46. The van der Waals surface area contributed by atoms with Crippen LogP contribution in [0.1, 0.15) is 12.0 Å². The van der Waals surface area contributed by atoms with Crippen molar-refractivity contribution in [1.82, 2.24) is 0 Å². The second kappa shape index (κ2) is 3.61. The predicted molar refractivity (Wildman–Crippen MR) is 53.4 cm³/mol. The fraction of sp³-hybridized carbons (Fsp3) is 0.400. The molecular weight excluding hydrogens is 251 g/mol. The highest BCUT2D eigenvalue weighted by atomic mass is 79.9. The molecule has 1 atom stereocenters. The van der Waals surface area contributed by atoms with Gasteiger partial charge in [0.25, 0.3) is 0 Å². The molecule has 2 nitrogen and oxygen atoms in total. The Balaban J connectivity index is 2.45. The van der Waals surface area contributed by atoms with Gasteiger partial charge in [-0.1, -0.05) is 12.1 Å². The molecule has 0 aliphatic carbocycles. The number of hydrogen-bond donors (Lipinski definition) is 1. The average Bonchev–Trinajstić information content (AvgIpc) is 2.58.